The zero-order valence-corrected chi connectivity index (χ0v) is 22.4. The van der Waals surface area contributed by atoms with Crippen molar-refractivity contribution >= 4 is 5.52 Å². The van der Waals surface area contributed by atoms with E-state index in [0.29, 0.717) is 44.2 Å². The number of nitrogens with one attached hydrogen (secondary N) is 2. The maximum absolute atomic E-state index is 14.2. The second-order valence-corrected chi connectivity index (χ2v) is 12.2. The molecule has 1 saturated carbocycles. The molecule has 4 aliphatic rings. The molecule has 0 bridgehead atoms. The van der Waals surface area contributed by atoms with Crippen LogP contribution in [0, 0.1) is 11.3 Å². The van der Waals surface area contributed by atoms with Crippen LogP contribution < -0.4 is 16.5 Å². The van der Waals surface area contributed by atoms with Gasteiger partial charge in [0.1, 0.15) is 0 Å². The average molecular weight is 553 g/mol. The minimum atomic E-state index is -4.59. The van der Waals surface area contributed by atoms with Crippen molar-refractivity contribution in [1.29, 1.82) is 0 Å². The lowest BCUT2D eigenvalue weighted by Crippen LogP contribution is -2.54. The van der Waals surface area contributed by atoms with Crippen LogP contribution >= 0.6 is 0 Å². The van der Waals surface area contributed by atoms with Crippen molar-refractivity contribution in [3.63, 3.8) is 0 Å². The first-order valence-corrected chi connectivity index (χ1v) is 14.1. The summed E-state index contributed by atoms with van der Waals surface area (Å²) >= 11 is 0. The van der Waals surface area contributed by atoms with E-state index in [4.69, 9.17) is 4.74 Å². The summed E-state index contributed by atoms with van der Waals surface area (Å²) in [7, 11) is 2.07. The summed E-state index contributed by atoms with van der Waals surface area (Å²) in [5.41, 5.74) is 5.65. The third kappa shape index (κ3) is 5.27. The number of hydrogen-bond donors (Lipinski definition) is 3. The second kappa shape index (κ2) is 10.5. The van der Waals surface area contributed by atoms with Gasteiger partial charge in [0, 0.05) is 36.9 Å². The van der Waals surface area contributed by atoms with Crippen LogP contribution in [0.2, 0.25) is 0 Å². The Morgan fingerprint density at radius 2 is 2.00 bits per heavy atom. The Bertz CT molecular complexity index is 1240. The van der Waals surface area contributed by atoms with Gasteiger partial charge in [-0.3, -0.25) is 18.8 Å². The molecule has 2 aromatic rings. The van der Waals surface area contributed by atoms with Gasteiger partial charge in [0.25, 0.3) is 0 Å². The molecule has 3 N–H and O–H groups in total. The quantitative estimate of drug-likeness (QED) is 0.508. The molecule has 4 atom stereocenters. The molecule has 0 radical (unpaired) electrons. The zero-order valence-electron chi connectivity index (χ0n) is 22.4. The first-order valence-electron chi connectivity index (χ1n) is 14.1. The lowest BCUT2D eigenvalue weighted by molar-refractivity contribution is -0.167. The topological polar surface area (TPSA) is 86.4 Å². The number of halogens is 3. The van der Waals surface area contributed by atoms with Crippen molar-refractivity contribution < 1.29 is 23.0 Å². The van der Waals surface area contributed by atoms with Gasteiger partial charge in [0.2, 0.25) is 0 Å². The number of β-amino-alcohol motifs (C(OH)–C–C–N with tert-alkyl or cyclic N) is 1. The number of aliphatic hydroxyl groups is 1. The Morgan fingerprint density at radius 1 is 1.18 bits per heavy atom. The van der Waals surface area contributed by atoms with Crippen molar-refractivity contribution in [2.75, 3.05) is 40.0 Å². The fourth-order valence-electron chi connectivity index (χ4n) is 7.23. The molecular weight excluding hydrogens is 513 g/mol. The Balaban J connectivity index is 1.29. The largest absolute Gasteiger partial charge is 0.418 e. The monoisotopic (exact) mass is 552 g/mol. The number of piperidine rings is 1. The van der Waals surface area contributed by atoms with Gasteiger partial charge in [-0.2, -0.15) is 13.2 Å². The Hall–Kier alpha value is -1.96. The third-order valence-electron chi connectivity index (χ3n) is 9.45. The predicted molar refractivity (Wildman–Crippen MR) is 139 cm³/mol. The molecule has 0 amide bonds. The maximum Gasteiger partial charge on any atom is 0.418 e. The summed E-state index contributed by atoms with van der Waals surface area (Å²) in [4.78, 5) is 17.8. The molecule has 0 spiro atoms. The lowest BCUT2D eigenvalue weighted by Gasteiger charge is -2.51. The van der Waals surface area contributed by atoms with Gasteiger partial charge in [0.05, 0.1) is 43.2 Å². The first-order chi connectivity index (χ1) is 18.6. The van der Waals surface area contributed by atoms with Gasteiger partial charge in [-0.15, -0.1) is 0 Å². The van der Waals surface area contributed by atoms with E-state index in [1.807, 2.05) is 4.90 Å². The number of pyridine rings is 1. The average Bonchev–Trinajstić information content (AvgIpc) is 3.43. The van der Waals surface area contributed by atoms with E-state index in [0.717, 1.165) is 45.2 Å². The minimum Gasteiger partial charge on any atom is -0.392 e. The van der Waals surface area contributed by atoms with Crippen LogP contribution in [-0.2, 0) is 17.5 Å². The number of imidazole rings is 1. The van der Waals surface area contributed by atoms with Crippen LogP contribution in [0.4, 0.5) is 13.2 Å². The van der Waals surface area contributed by atoms with E-state index < -0.39 is 23.5 Å². The number of hydrogen-bond acceptors (Lipinski definition) is 7. The van der Waals surface area contributed by atoms with Crippen LogP contribution in [0.25, 0.3) is 5.52 Å². The van der Waals surface area contributed by atoms with Gasteiger partial charge in [-0.25, -0.2) is 15.6 Å². The van der Waals surface area contributed by atoms with E-state index in [-0.39, 0.29) is 29.7 Å². The van der Waals surface area contributed by atoms with Gasteiger partial charge < -0.3 is 9.84 Å². The maximum atomic E-state index is 14.2. The summed E-state index contributed by atoms with van der Waals surface area (Å²) in [6.45, 7) is 3.52. The number of likely N-dealkylation sites (tertiary alicyclic amines) is 1. The van der Waals surface area contributed by atoms with E-state index >= 15 is 0 Å². The highest BCUT2D eigenvalue weighted by Crippen LogP contribution is 2.49. The number of ether oxygens (including phenoxy) is 1. The molecule has 3 saturated heterocycles. The summed E-state index contributed by atoms with van der Waals surface area (Å²) in [6, 6.07) is 1.02. The van der Waals surface area contributed by atoms with Crippen molar-refractivity contribution in [1.82, 2.24) is 29.6 Å². The van der Waals surface area contributed by atoms with E-state index in [9.17, 15) is 23.1 Å². The summed E-state index contributed by atoms with van der Waals surface area (Å²) in [5, 5.41) is 10.0. The molecule has 3 unspecified atom stereocenters. The molecule has 9 nitrogen and oxygen atoms in total. The molecular formula is C27H39F3N6O3. The Morgan fingerprint density at radius 3 is 2.67 bits per heavy atom. The molecule has 216 valence electrons. The summed E-state index contributed by atoms with van der Waals surface area (Å²) < 4.78 is 51.1. The van der Waals surface area contributed by atoms with Crippen LogP contribution in [0.5, 0.6) is 0 Å². The number of fused-ring (bicyclic) bond motifs is 1. The van der Waals surface area contributed by atoms with Crippen LogP contribution in [-0.4, -0.2) is 76.2 Å². The van der Waals surface area contributed by atoms with Crippen molar-refractivity contribution in [3.8, 4) is 0 Å². The molecule has 4 fully saturated rings. The molecule has 12 heteroatoms. The van der Waals surface area contributed by atoms with Gasteiger partial charge in [0.15, 0.2) is 0 Å². The third-order valence-corrected chi connectivity index (χ3v) is 9.45. The molecule has 1 aliphatic carbocycles. The zero-order chi connectivity index (χ0) is 27.4. The number of aliphatic hydroxyl groups excluding tert-OH is 1. The Kier molecular flexibility index (Phi) is 7.30. The molecule has 6 rings (SSSR count). The number of nitrogens with zero attached hydrogens (tertiary/aromatic N) is 4. The summed E-state index contributed by atoms with van der Waals surface area (Å²) in [6.07, 6.45) is 4.02. The molecule has 5 heterocycles. The molecule has 2 aromatic heterocycles. The highest BCUT2D eigenvalue weighted by molar-refractivity contribution is 5.56. The standard InChI is InChI=1S/C27H39F3N6O3/c1-33-17-31-32-24(33)10-26(15-39-16-26)19-4-2-5-20(9-19)35-14-23-22(27(28,29)30)8-18(12-36(23)25(35)38)11-34-7-3-6-21(37)13-34/h8,12,14,19-21,24,31-32,37H,2-7,9-11,13,15-17H2,1H3/t19?,20?,21-,24?/m1/s1. The first kappa shape index (κ1) is 27.2. The van der Waals surface area contributed by atoms with E-state index in [2.05, 4.69) is 22.8 Å². The smallest absolute Gasteiger partial charge is 0.392 e. The predicted octanol–water partition coefficient (Wildman–Crippen LogP) is 2.54. The lowest BCUT2D eigenvalue weighted by atomic mass is 9.64. The summed E-state index contributed by atoms with van der Waals surface area (Å²) in [5.74, 6) is 0.332. The minimum absolute atomic E-state index is 0.00267. The van der Waals surface area contributed by atoms with Crippen molar-refractivity contribution in [2.24, 2.45) is 11.3 Å². The van der Waals surface area contributed by atoms with Crippen molar-refractivity contribution in [3.05, 3.63) is 40.1 Å². The number of hydrazine groups is 1. The fourth-order valence-corrected chi connectivity index (χ4v) is 7.23. The number of rotatable bonds is 6. The van der Waals surface area contributed by atoms with Gasteiger partial charge in [-0.05, 0) is 69.7 Å². The van der Waals surface area contributed by atoms with Crippen molar-refractivity contribution in [2.45, 2.75) is 76.0 Å². The molecule has 0 aromatic carbocycles. The van der Waals surface area contributed by atoms with E-state index in [1.54, 1.807) is 10.8 Å². The highest BCUT2D eigenvalue weighted by atomic mass is 19.4. The molecule has 39 heavy (non-hydrogen) atoms. The SMILES string of the molecule is CN1CNNC1CC1(C2CCCC(n3cc4c(C(F)(F)F)cc(CN5CCC[C@@H](O)C5)cn4c3=O)C2)COC1. The number of aromatic nitrogens is 2. The van der Waals surface area contributed by atoms with Crippen LogP contribution in [0.15, 0.2) is 23.3 Å². The Labute approximate surface area is 225 Å². The molecule has 3 aliphatic heterocycles. The van der Waals surface area contributed by atoms with Gasteiger partial charge >= 0.3 is 11.9 Å². The van der Waals surface area contributed by atoms with Crippen LogP contribution in [0.3, 0.4) is 0 Å². The fraction of sp³-hybridized carbons (Fsp3) is 0.741. The van der Waals surface area contributed by atoms with E-state index in [1.165, 1.54) is 16.7 Å². The van der Waals surface area contributed by atoms with Gasteiger partial charge in [-0.1, -0.05) is 6.42 Å². The second-order valence-electron chi connectivity index (χ2n) is 12.2. The normalized spacial score (nSPS) is 30.6. The number of alkyl halides is 3. The van der Waals surface area contributed by atoms with Crippen LogP contribution in [0.1, 0.15) is 62.1 Å². The highest BCUT2D eigenvalue weighted by Gasteiger charge is 2.49.